The minimum absolute atomic E-state index is 0.135. The van der Waals surface area contributed by atoms with Gasteiger partial charge in [-0.25, -0.2) is 0 Å². The van der Waals surface area contributed by atoms with E-state index in [2.05, 4.69) is 0 Å². The van der Waals surface area contributed by atoms with Crippen LogP contribution < -0.4 is 0 Å². The first-order chi connectivity index (χ1) is 10.4. The molecule has 2 aliphatic carbocycles. The second-order valence-corrected chi connectivity index (χ2v) is 6.00. The summed E-state index contributed by atoms with van der Waals surface area (Å²) in [5.74, 6) is 0.460. The summed E-state index contributed by atoms with van der Waals surface area (Å²) in [6.45, 7) is 4.50. The lowest BCUT2D eigenvalue weighted by Crippen LogP contribution is -2.30. The molecule has 0 saturated heterocycles. The van der Waals surface area contributed by atoms with E-state index in [1.807, 2.05) is 0 Å². The van der Waals surface area contributed by atoms with Crippen LogP contribution in [0.5, 0.6) is 0 Å². The molecule has 128 valence electrons. The average molecular weight is 316 g/mol. The molecular formula is C16H28O6. The van der Waals surface area contributed by atoms with Crippen LogP contribution in [0.2, 0.25) is 0 Å². The molecule has 2 N–H and O–H groups in total. The van der Waals surface area contributed by atoms with E-state index in [9.17, 15) is 9.59 Å². The van der Waals surface area contributed by atoms with Gasteiger partial charge in [-0.3, -0.25) is 9.59 Å². The van der Waals surface area contributed by atoms with Crippen molar-refractivity contribution in [2.75, 3.05) is 13.2 Å². The van der Waals surface area contributed by atoms with Crippen LogP contribution in [0.15, 0.2) is 0 Å². The summed E-state index contributed by atoms with van der Waals surface area (Å²) in [4.78, 5) is 21.7. The fourth-order valence-electron chi connectivity index (χ4n) is 2.65. The Morgan fingerprint density at radius 1 is 0.818 bits per heavy atom. The molecule has 0 heterocycles. The molecule has 0 unspecified atom stereocenters. The number of hydrogen-bond acceptors (Lipinski definition) is 6. The summed E-state index contributed by atoms with van der Waals surface area (Å²) in [5, 5.41) is 17.8. The van der Waals surface area contributed by atoms with Crippen LogP contribution in [0.3, 0.4) is 0 Å². The largest absolute Gasteiger partial charge is 0.466 e. The van der Waals surface area contributed by atoms with E-state index in [0.29, 0.717) is 37.9 Å². The maximum Gasteiger partial charge on any atom is 0.306 e. The molecule has 0 spiro atoms. The summed E-state index contributed by atoms with van der Waals surface area (Å²) < 4.78 is 9.53. The van der Waals surface area contributed by atoms with Gasteiger partial charge in [0.2, 0.25) is 0 Å². The highest BCUT2D eigenvalue weighted by Gasteiger charge is 2.29. The highest BCUT2D eigenvalue weighted by Crippen LogP contribution is 2.30. The number of aliphatic hydroxyl groups excluding tert-OH is 2. The zero-order valence-electron chi connectivity index (χ0n) is 13.5. The Labute approximate surface area is 131 Å². The zero-order chi connectivity index (χ0) is 16.5. The Hall–Kier alpha value is -1.14. The highest BCUT2D eigenvalue weighted by molar-refractivity contribution is 5.70. The van der Waals surface area contributed by atoms with E-state index in [1.165, 1.54) is 0 Å². The molecule has 0 atom stereocenters. The molecular weight excluding hydrogens is 288 g/mol. The third-order valence-electron chi connectivity index (χ3n) is 3.94. The SMILES string of the molecule is CCOC(=O)CC1CC(O)C1.CCOC(=O)CC1CC(O)C1. The maximum atomic E-state index is 10.8. The van der Waals surface area contributed by atoms with Crippen LogP contribution in [0.1, 0.15) is 52.4 Å². The van der Waals surface area contributed by atoms with Crippen molar-refractivity contribution in [2.45, 2.75) is 64.6 Å². The first-order valence-electron chi connectivity index (χ1n) is 8.11. The van der Waals surface area contributed by atoms with Gasteiger partial charge in [0.1, 0.15) is 0 Å². The fraction of sp³-hybridized carbons (Fsp3) is 0.875. The second-order valence-electron chi connectivity index (χ2n) is 6.00. The minimum Gasteiger partial charge on any atom is -0.466 e. The second kappa shape index (κ2) is 9.79. The van der Waals surface area contributed by atoms with Gasteiger partial charge in [-0.1, -0.05) is 0 Å². The predicted molar refractivity (Wildman–Crippen MR) is 80.0 cm³/mol. The van der Waals surface area contributed by atoms with Crippen molar-refractivity contribution in [3.63, 3.8) is 0 Å². The summed E-state index contributed by atoms with van der Waals surface area (Å²) >= 11 is 0. The van der Waals surface area contributed by atoms with E-state index in [0.717, 1.165) is 25.7 Å². The Kier molecular flexibility index (Phi) is 8.42. The summed E-state index contributed by atoms with van der Waals surface area (Å²) in [5.41, 5.74) is 0. The van der Waals surface area contributed by atoms with Gasteiger partial charge in [0.05, 0.1) is 25.4 Å². The van der Waals surface area contributed by atoms with Gasteiger partial charge in [0.25, 0.3) is 0 Å². The van der Waals surface area contributed by atoms with Crippen LogP contribution in [-0.4, -0.2) is 47.6 Å². The predicted octanol–water partition coefficient (Wildman–Crippen LogP) is 1.42. The Morgan fingerprint density at radius 3 is 1.36 bits per heavy atom. The van der Waals surface area contributed by atoms with E-state index in [4.69, 9.17) is 19.7 Å². The molecule has 0 aliphatic heterocycles. The number of aliphatic hydroxyl groups is 2. The number of hydrogen-bond donors (Lipinski definition) is 2. The Balaban J connectivity index is 0.000000220. The van der Waals surface area contributed by atoms with Crippen LogP contribution >= 0.6 is 0 Å². The number of ether oxygens (including phenoxy) is 2. The molecule has 6 nitrogen and oxygen atoms in total. The van der Waals surface area contributed by atoms with Gasteiger partial charge >= 0.3 is 11.9 Å². The lowest BCUT2D eigenvalue weighted by atomic mass is 9.80. The molecule has 0 aromatic carbocycles. The van der Waals surface area contributed by atoms with Crippen LogP contribution in [0.4, 0.5) is 0 Å². The average Bonchev–Trinajstić information content (AvgIpc) is 2.36. The van der Waals surface area contributed by atoms with Crippen molar-refractivity contribution in [1.29, 1.82) is 0 Å². The molecule has 2 fully saturated rings. The van der Waals surface area contributed by atoms with Crippen LogP contribution in [0, 0.1) is 11.8 Å². The third-order valence-corrected chi connectivity index (χ3v) is 3.94. The van der Waals surface area contributed by atoms with Crippen molar-refractivity contribution < 1.29 is 29.3 Å². The van der Waals surface area contributed by atoms with Gasteiger partial charge in [0, 0.05) is 12.8 Å². The van der Waals surface area contributed by atoms with Crippen molar-refractivity contribution in [2.24, 2.45) is 11.8 Å². The lowest BCUT2D eigenvalue weighted by molar-refractivity contribution is -0.146. The Morgan fingerprint density at radius 2 is 1.14 bits per heavy atom. The fourth-order valence-corrected chi connectivity index (χ4v) is 2.65. The molecule has 0 aromatic rings. The van der Waals surface area contributed by atoms with Crippen molar-refractivity contribution in [3.8, 4) is 0 Å². The first kappa shape index (κ1) is 18.9. The zero-order valence-corrected chi connectivity index (χ0v) is 13.5. The molecule has 0 amide bonds. The molecule has 0 bridgehead atoms. The quantitative estimate of drug-likeness (QED) is 0.720. The lowest BCUT2D eigenvalue weighted by Gasteiger charge is -2.30. The minimum atomic E-state index is -0.172. The summed E-state index contributed by atoms with van der Waals surface area (Å²) in [6, 6.07) is 0. The van der Waals surface area contributed by atoms with Crippen LogP contribution in [0.25, 0.3) is 0 Å². The summed E-state index contributed by atoms with van der Waals surface area (Å²) in [6.07, 6.45) is 3.66. The van der Waals surface area contributed by atoms with E-state index < -0.39 is 0 Å². The molecule has 2 aliphatic rings. The van der Waals surface area contributed by atoms with Crippen molar-refractivity contribution in [3.05, 3.63) is 0 Å². The van der Waals surface area contributed by atoms with E-state index in [-0.39, 0.29) is 24.1 Å². The Bertz CT molecular complexity index is 311. The number of carbonyl (C=O) groups is 2. The molecule has 2 saturated carbocycles. The number of rotatable bonds is 6. The first-order valence-corrected chi connectivity index (χ1v) is 8.11. The van der Waals surface area contributed by atoms with E-state index >= 15 is 0 Å². The molecule has 2 rings (SSSR count). The monoisotopic (exact) mass is 316 g/mol. The van der Waals surface area contributed by atoms with Gasteiger partial charge in [-0.05, 0) is 51.4 Å². The molecule has 6 heteroatoms. The highest BCUT2D eigenvalue weighted by atomic mass is 16.5. The van der Waals surface area contributed by atoms with E-state index in [1.54, 1.807) is 13.8 Å². The molecule has 22 heavy (non-hydrogen) atoms. The van der Waals surface area contributed by atoms with Gasteiger partial charge in [-0.2, -0.15) is 0 Å². The smallest absolute Gasteiger partial charge is 0.306 e. The van der Waals surface area contributed by atoms with Gasteiger partial charge in [0.15, 0.2) is 0 Å². The van der Waals surface area contributed by atoms with Gasteiger partial charge < -0.3 is 19.7 Å². The van der Waals surface area contributed by atoms with Crippen LogP contribution in [-0.2, 0) is 19.1 Å². The maximum absolute atomic E-state index is 10.8. The van der Waals surface area contributed by atoms with Crippen molar-refractivity contribution >= 4 is 11.9 Å². The standard InChI is InChI=1S/2C8H14O3/c2*1-2-11-8(10)5-6-3-7(9)4-6/h2*6-7,9H,2-5H2,1H3. The number of carbonyl (C=O) groups excluding carboxylic acids is 2. The third kappa shape index (κ3) is 7.22. The van der Waals surface area contributed by atoms with Gasteiger partial charge in [-0.15, -0.1) is 0 Å². The van der Waals surface area contributed by atoms with Crippen molar-refractivity contribution in [1.82, 2.24) is 0 Å². The number of esters is 2. The normalized spacial score (nSPS) is 29.3. The summed E-state index contributed by atoms with van der Waals surface area (Å²) in [7, 11) is 0. The topological polar surface area (TPSA) is 93.1 Å². The molecule has 0 aromatic heterocycles. The molecule has 0 radical (unpaired) electrons.